The number of carbonyl (C=O) groups is 1. The zero-order chi connectivity index (χ0) is 8.55. The molecule has 0 aromatic rings. The van der Waals surface area contributed by atoms with E-state index in [1.807, 2.05) is 0 Å². The summed E-state index contributed by atoms with van der Waals surface area (Å²) in [5, 5.41) is 16.2. The van der Waals surface area contributed by atoms with E-state index in [0.29, 0.717) is 12.0 Å². The highest BCUT2D eigenvalue weighted by atomic mass is 16.4. The maximum atomic E-state index is 10.5. The van der Waals surface area contributed by atoms with Crippen molar-refractivity contribution in [2.24, 2.45) is 10.2 Å². The highest BCUT2D eigenvalue weighted by Crippen LogP contribution is 2.18. The van der Waals surface area contributed by atoms with Crippen molar-refractivity contribution in [1.29, 1.82) is 0 Å². The van der Waals surface area contributed by atoms with Crippen molar-refractivity contribution in [1.82, 2.24) is 0 Å². The SMILES string of the molecule is O=C(O)C1=CC=C2C=NN=C2C1. The van der Waals surface area contributed by atoms with Gasteiger partial charge in [-0.3, -0.25) is 0 Å². The van der Waals surface area contributed by atoms with Gasteiger partial charge in [0, 0.05) is 17.6 Å². The topological polar surface area (TPSA) is 62.0 Å². The number of fused-ring (bicyclic) bond motifs is 1. The van der Waals surface area contributed by atoms with Gasteiger partial charge in [0.2, 0.25) is 0 Å². The fourth-order valence-electron chi connectivity index (χ4n) is 1.15. The smallest absolute Gasteiger partial charge is 0.331 e. The molecule has 0 radical (unpaired) electrons. The van der Waals surface area contributed by atoms with Gasteiger partial charge >= 0.3 is 5.97 Å². The minimum atomic E-state index is -0.889. The molecule has 0 spiro atoms. The predicted octanol–water partition coefficient (Wildman–Crippen LogP) is 0.768. The van der Waals surface area contributed by atoms with Crippen LogP contribution in [0.1, 0.15) is 6.42 Å². The Balaban J connectivity index is 2.33. The highest BCUT2D eigenvalue weighted by molar-refractivity contribution is 6.21. The van der Waals surface area contributed by atoms with Crippen LogP contribution in [-0.4, -0.2) is 23.0 Å². The summed E-state index contributed by atoms with van der Waals surface area (Å²) in [5.41, 5.74) is 2.03. The van der Waals surface area contributed by atoms with Gasteiger partial charge < -0.3 is 5.11 Å². The number of rotatable bonds is 1. The second-order valence-electron chi connectivity index (χ2n) is 2.59. The quantitative estimate of drug-likeness (QED) is 0.618. The molecule has 4 heteroatoms. The number of allylic oxidation sites excluding steroid dienone is 3. The summed E-state index contributed by atoms with van der Waals surface area (Å²) >= 11 is 0. The van der Waals surface area contributed by atoms with E-state index < -0.39 is 5.97 Å². The molecule has 0 aromatic carbocycles. The molecule has 60 valence electrons. The van der Waals surface area contributed by atoms with Crippen molar-refractivity contribution in [3.8, 4) is 0 Å². The maximum absolute atomic E-state index is 10.5. The second-order valence-corrected chi connectivity index (χ2v) is 2.59. The number of aliphatic carboxylic acids is 1. The van der Waals surface area contributed by atoms with Crippen LogP contribution < -0.4 is 0 Å². The van der Waals surface area contributed by atoms with Gasteiger partial charge in [0.15, 0.2) is 0 Å². The third-order valence-electron chi connectivity index (χ3n) is 1.81. The Hall–Kier alpha value is -1.71. The Labute approximate surface area is 68.6 Å². The minimum Gasteiger partial charge on any atom is -0.478 e. The summed E-state index contributed by atoms with van der Waals surface area (Å²) < 4.78 is 0. The Morgan fingerprint density at radius 2 is 2.33 bits per heavy atom. The van der Waals surface area contributed by atoms with Crippen LogP contribution in [0.4, 0.5) is 0 Å². The lowest BCUT2D eigenvalue weighted by molar-refractivity contribution is -0.132. The molecule has 1 N–H and O–H groups in total. The van der Waals surface area contributed by atoms with E-state index in [1.165, 1.54) is 0 Å². The van der Waals surface area contributed by atoms with Crippen LogP contribution in [0.25, 0.3) is 0 Å². The van der Waals surface area contributed by atoms with Crippen LogP contribution in [-0.2, 0) is 4.79 Å². The van der Waals surface area contributed by atoms with Gasteiger partial charge in [0.25, 0.3) is 0 Å². The molecule has 0 atom stereocenters. The molecule has 1 aliphatic carbocycles. The average molecular weight is 162 g/mol. The largest absolute Gasteiger partial charge is 0.478 e. The van der Waals surface area contributed by atoms with E-state index in [1.54, 1.807) is 18.4 Å². The van der Waals surface area contributed by atoms with E-state index >= 15 is 0 Å². The first-order chi connectivity index (χ1) is 5.77. The zero-order valence-corrected chi connectivity index (χ0v) is 6.19. The van der Waals surface area contributed by atoms with Gasteiger partial charge in [-0.05, 0) is 0 Å². The predicted molar refractivity (Wildman–Crippen MR) is 44.3 cm³/mol. The van der Waals surface area contributed by atoms with E-state index in [2.05, 4.69) is 10.2 Å². The van der Waals surface area contributed by atoms with Crippen LogP contribution in [0.2, 0.25) is 0 Å². The highest BCUT2D eigenvalue weighted by Gasteiger charge is 2.19. The second kappa shape index (κ2) is 2.41. The molecule has 0 saturated heterocycles. The number of nitrogens with zero attached hydrogens (tertiary/aromatic N) is 2. The van der Waals surface area contributed by atoms with Crippen LogP contribution in [0, 0.1) is 0 Å². The minimum absolute atomic E-state index is 0.364. The zero-order valence-electron chi connectivity index (χ0n) is 6.19. The van der Waals surface area contributed by atoms with Crippen molar-refractivity contribution < 1.29 is 9.90 Å². The van der Waals surface area contributed by atoms with Crippen molar-refractivity contribution >= 4 is 17.9 Å². The van der Waals surface area contributed by atoms with E-state index in [4.69, 9.17) is 5.11 Å². The van der Waals surface area contributed by atoms with Gasteiger partial charge in [-0.1, -0.05) is 12.2 Å². The molecule has 0 fully saturated rings. The Kier molecular flexibility index (Phi) is 1.40. The molecule has 2 rings (SSSR count). The first-order valence-electron chi connectivity index (χ1n) is 3.52. The number of hydrogen-bond donors (Lipinski definition) is 1. The van der Waals surface area contributed by atoms with Crippen LogP contribution in [0.15, 0.2) is 33.5 Å². The molecule has 0 unspecified atom stereocenters. The molecule has 1 heterocycles. The van der Waals surface area contributed by atoms with Crippen molar-refractivity contribution in [3.63, 3.8) is 0 Å². The standard InChI is InChI=1S/C8H6N2O2/c11-8(12)5-1-2-6-4-9-10-7(6)3-5/h1-2,4H,3H2,(H,11,12). The molecule has 0 aromatic heterocycles. The molecule has 0 amide bonds. The summed E-state index contributed by atoms with van der Waals surface area (Å²) in [6.07, 6.45) is 5.32. The molecule has 0 bridgehead atoms. The molecular formula is C8H6N2O2. The van der Waals surface area contributed by atoms with Crippen molar-refractivity contribution in [2.75, 3.05) is 0 Å². The number of carboxylic acid groups (broad SMARTS) is 1. The molecule has 0 saturated carbocycles. The average Bonchev–Trinajstić information content (AvgIpc) is 2.49. The van der Waals surface area contributed by atoms with Crippen LogP contribution >= 0.6 is 0 Å². The summed E-state index contributed by atoms with van der Waals surface area (Å²) in [4.78, 5) is 10.5. The lowest BCUT2D eigenvalue weighted by Gasteiger charge is -2.06. The summed E-state index contributed by atoms with van der Waals surface area (Å²) in [5.74, 6) is -0.889. The van der Waals surface area contributed by atoms with Gasteiger partial charge in [-0.25, -0.2) is 4.79 Å². The molecular weight excluding hydrogens is 156 g/mol. The molecule has 4 nitrogen and oxygen atoms in total. The monoisotopic (exact) mass is 162 g/mol. The Bertz CT molecular complexity index is 361. The first kappa shape index (κ1) is 6.97. The molecule has 12 heavy (non-hydrogen) atoms. The van der Waals surface area contributed by atoms with E-state index in [9.17, 15) is 4.79 Å². The van der Waals surface area contributed by atoms with Crippen molar-refractivity contribution in [2.45, 2.75) is 6.42 Å². The third-order valence-corrected chi connectivity index (χ3v) is 1.81. The number of hydrogen-bond acceptors (Lipinski definition) is 3. The van der Waals surface area contributed by atoms with Gasteiger partial charge in [0.1, 0.15) is 0 Å². The van der Waals surface area contributed by atoms with Crippen LogP contribution in [0.5, 0.6) is 0 Å². The van der Waals surface area contributed by atoms with E-state index in [0.717, 1.165) is 11.3 Å². The van der Waals surface area contributed by atoms with Gasteiger partial charge in [0.05, 0.1) is 11.9 Å². The summed E-state index contributed by atoms with van der Waals surface area (Å²) in [7, 11) is 0. The third kappa shape index (κ3) is 0.972. The first-order valence-corrected chi connectivity index (χ1v) is 3.52. The van der Waals surface area contributed by atoms with Crippen molar-refractivity contribution in [3.05, 3.63) is 23.3 Å². The van der Waals surface area contributed by atoms with Crippen LogP contribution in [0.3, 0.4) is 0 Å². The fraction of sp³-hybridized carbons (Fsp3) is 0.125. The summed E-state index contributed by atoms with van der Waals surface area (Å²) in [6.45, 7) is 0. The molecule has 2 aliphatic rings. The normalized spacial score (nSPS) is 19.5. The van der Waals surface area contributed by atoms with E-state index in [-0.39, 0.29) is 0 Å². The molecule has 1 aliphatic heterocycles. The Morgan fingerprint density at radius 1 is 1.50 bits per heavy atom. The lowest BCUT2D eigenvalue weighted by Crippen LogP contribution is -2.11. The lowest BCUT2D eigenvalue weighted by atomic mass is 9.97. The summed E-state index contributed by atoms with van der Waals surface area (Å²) in [6, 6.07) is 0. The maximum Gasteiger partial charge on any atom is 0.331 e. The fourth-order valence-corrected chi connectivity index (χ4v) is 1.15. The van der Waals surface area contributed by atoms with Gasteiger partial charge in [-0.15, -0.1) is 0 Å². The van der Waals surface area contributed by atoms with Gasteiger partial charge in [-0.2, -0.15) is 10.2 Å². The Morgan fingerprint density at radius 3 is 3.08 bits per heavy atom. The number of carboxylic acids is 1.